The van der Waals surface area contributed by atoms with Gasteiger partial charge in [0, 0.05) is 13.1 Å². The van der Waals surface area contributed by atoms with Crippen molar-refractivity contribution in [2.24, 2.45) is 11.7 Å². The zero-order valence-corrected chi connectivity index (χ0v) is 11.0. The topological polar surface area (TPSA) is 55.6 Å². The van der Waals surface area contributed by atoms with Crippen LogP contribution in [0.15, 0.2) is 24.3 Å². The molecule has 4 nitrogen and oxygen atoms in total. The summed E-state index contributed by atoms with van der Waals surface area (Å²) in [6.45, 7) is 2.42. The van der Waals surface area contributed by atoms with Crippen molar-refractivity contribution in [3.05, 3.63) is 35.6 Å². The van der Waals surface area contributed by atoms with Crippen LogP contribution in [-0.2, 0) is 16.1 Å². The number of rotatable bonds is 4. The average Bonchev–Trinajstić information content (AvgIpc) is 2.88. The van der Waals surface area contributed by atoms with E-state index in [1.165, 1.54) is 19.2 Å². The summed E-state index contributed by atoms with van der Waals surface area (Å²) in [6, 6.07) is 5.93. The van der Waals surface area contributed by atoms with E-state index in [9.17, 15) is 9.18 Å². The van der Waals surface area contributed by atoms with E-state index < -0.39 is 6.04 Å². The van der Waals surface area contributed by atoms with Gasteiger partial charge >= 0.3 is 5.97 Å². The van der Waals surface area contributed by atoms with Gasteiger partial charge in [-0.3, -0.25) is 9.69 Å². The van der Waals surface area contributed by atoms with E-state index in [1.807, 2.05) is 0 Å². The molecule has 2 unspecified atom stereocenters. The minimum atomic E-state index is -0.553. The summed E-state index contributed by atoms with van der Waals surface area (Å²) >= 11 is 0. The van der Waals surface area contributed by atoms with E-state index in [0.29, 0.717) is 0 Å². The summed E-state index contributed by atoms with van der Waals surface area (Å²) in [6.07, 6.45) is 0.886. The van der Waals surface area contributed by atoms with Crippen molar-refractivity contribution in [2.45, 2.75) is 19.0 Å². The van der Waals surface area contributed by atoms with Gasteiger partial charge in [-0.15, -0.1) is 0 Å². The zero-order valence-electron chi connectivity index (χ0n) is 11.0. The van der Waals surface area contributed by atoms with Gasteiger partial charge in [0.25, 0.3) is 0 Å². The normalized spacial score (nSPS) is 21.3. The fourth-order valence-corrected chi connectivity index (χ4v) is 2.48. The quantitative estimate of drug-likeness (QED) is 0.831. The summed E-state index contributed by atoms with van der Waals surface area (Å²) in [7, 11) is 1.35. The molecule has 1 heterocycles. The van der Waals surface area contributed by atoms with Gasteiger partial charge in [0.05, 0.1) is 7.11 Å². The molecule has 1 fully saturated rings. The SMILES string of the molecule is COC(=O)C(N)C1CCN(Cc2ccc(F)cc2)C1. The average molecular weight is 266 g/mol. The van der Waals surface area contributed by atoms with E-state index in [1.54, 1.807) is 12.1 Å². The maximum atomic E-state index is 12.8. The van der Waals surface area contributed by atoms with Crippen molar-refractivity contribution in [3.8, 4) is 0 Å². The Kier molecular flexibility index (Phi) is 4.50. The number of likely N-dealkylation sites (tertiary alicyclic amines) is 1. The Morgan fingerprint density at radius 1 is 1.53 bits per heavy atom. The van der Waals surface area contributed by atoms with Crippen molar-refractivity contribution in [1.29, 1.82) is 0 Å². The number of esters is 1. The molecule has 0 saturated carbocycles. The number of carbonyl (C=O) groups is 1. The van der Waals surface area contributed by atoms with Crippen molar-refractivity contribution in [2.75, 3.05) is 20.2 Å². The van der Waals surface area contributed by atoms with E-state index in [2.05, 4.69) is 9.64 Å². The molecule has 5 heteroatoms. The molecular formula is C14H19FN2O2. The Bertz CT molecular complexity index is 436. The monoisotopic (exact) mass is 266 g/mol. The second kappa shape index (κ2) is 6.12. The molecule has 0 aliphatic carbocycles. The van der Waals surface area contributed by atoms with E-state index >= 15 is 0 Å². The molecule has 0 amide bonds. The fourth-order valence-electron chi connectivity index (χ4n) is 2.48. The van der Waals surface area contributed by atoms with Crippen LogP contribution in [0.2, 0.25) is 0 Å². The van der Waals surface area contributed by atoms with Crippen LogP contribution in [0.1, 0.15) is 12.0 Å². The smallest absolute Gasteiger partial charge is 0.322 e. The van der Waals surface area contributed by atoms with Crippen LogP contribution < -0.4 is 5.73 Å². The number of carbonyl (C=O) groups excluding carboxylic acids is 1. The summed E-state index contributed by atoms with van der Waals surface area (Å²) in [5.74, 6) is -0.447. The van der Waals surface area contributed by atoms with Gasteiger partial charge in [0.2, 0.25) is 0 Å². The predicted octanol–water partition coefficient (Wildman–Crippen LogP) is 1.15. The number of benzene rings is 1. The molecule has 2 rings (SSSR count). The maximum absolute atomic E-state index is 12.8. The molecule has 2 atom stereocenters. The Balaban J connectivity index is 1.88. The van der Waals surface area contributed by atoms with E-state index in [0.717, 1.165) is 31.6 Å². The predicted molar refractivity (Wildman–Crippen MR) is 69.8 cm³/mol. The summed E-state index contributed by atoms with van der Waals surface area (Å²) in [5, 5.41) is 0. The van der Waals surface area contributed by atoms with Crippen LogP contribution in [0.25, 0.3) is 0 Å². The Labute approximate surface area is 112 Å². The third-order valence-corrected chi connectivity index (χ3v) is 3.61. The number of methoxy groups -OCH3 is 1. The van der Waals surface area contributed by atoms with Gasteiger partial charge in [-0.25, -0.2) is 4.39 Å². The second-order valence-electron chi connectivity index (χ2n) is 4.96. The molecule has 2 N–H and O–H groups in total. The zero-order chi connectivity index (χ0) is 13.8. The molecule has 19 heavy (non-hydrogen) atoms. The number of ether oxygens (including phenoxy) is 1. The van der Waals surface area contributed by atoms with Crippen molar-refractivity contribution >= 4 is 5.97 Å². The van der Waals surface area contributed by atoms with Crippen LogP contribution in [0.5, 0.6) is 0 Å². The van der Waals surface area contributed by atoms with E-state index in [-0.39, 0.29) is 17.7 Å². The van der Waals surface area contributed by atoms with Crippen LogP contribution in [-0.4, -0.2) is 37.1 Å². The van der Waals surface area contributed by atoms with Gasteiger partial charge in [-0.05, 0) is 36.6 Å². The highest BCUT2D eigenvalue weighted by Gasteiger charge is 2.31. The third kappa shape index (κ3) is 3.52. The van der Waals surface area contributed by atoms with Gasteiger partial charge in [0.15, 0.2) is 0 Å². The molecule has 1 aromatic rings. The second-order valence-corrected chi connectivity index (χ2v) is 4.96. The van der Waals surface area contributed by atoms with Gasteiger partial charge in [-0.2, -0.15) is 0 Å². The molecule has 1 saturated heterocycles. The number of halogens is 1. The molecule has 1 aliphatic rings. The van der Waals surface area contributed by atoms with E-state index in [4.69, 9.17) is 5.73 Å². The van der Waals surface area contributed by atoms with Crippen molar-refractivity contribution < 1.29 is 13.9 Å². The first-order chi connectivity index (χ1) is 9.10. The van der Waals surface area contributed by atoms with Gasteiger partial charge in [-0.1, -0.05) is 12.1 Å². The first kappa shape index (κ1) is 14.0. The minimum absolute atomic E-state index is 0.132. The molecule has 1 aromatic carbocycles. The van der Waals surface area contributed by atoms with Crippen LogP contribution >= 0.6 is 0 Å². The summed E-state index contributed by atoms with van der Waals surface area (Å²) in [4.78, 5) is 13.6. The minimum Gasteiger partial charge on any atom is -0.468 e. The first-order valence-corrected chi connectivity index (χ1v) is 6.40. The number of nitrogens with zero attached hydrogens (tertiary/aromatic N) is 1. The lowest BCUT2D eigenvalue weighted by Crippen LogP contribution is -2.40. The highest BCUT2D eigenvalue weighted by Crippen LogP contribution is 2.21. The van der Waals surface area contributed by atoms with Crippen molar-refractivity contribution in [3.63, 3.8) is 0 Å². The Morgan fingerprint density at radius 2 is 2.21 bits per heavy atom. The molecule has 1 aliphatic heterocycles. The lowest BCUT2D eigenvalue weighted by molar-refractivity contribution is -0.143. The fraction of sp³-hybridized carbons (Fsp3) is 0.500. The van der Waals surface area contributed by atoms with Gasteiger partial charge < -0.3 is 10.5 Å². The van der Waals surface area contributed by atoms with Crippen LogP contribution in [0.4, 0.5) is 4.39 Å². The Morgan fingerprint density at radius 3 is 2.84 bits per heavy atom. The van der Waals surface area contributed by atoms with Crippen LogP contribution in [0, 0.1) is 11.7 Å². The highest BCUT2D eigenvalue weighted by atomic mass is 19.1. The number of nitrogens with two attached hydrogens (primary N) is 1. The molecule has 104 valence electrons. The molecule has 0 radical (unpaired) electrons. The molecule has 0 spiro atoms. The highest BCUT2D eigenvalue weighted by molar-refractivity contribution is 5.75. The molecule has 0 aromatic heterocycles. The third-order valence-electron chi connectivity index (χ3n) is 3.61. The van der Waals surface area contributed by atoms with Gasteiger partial charge in [0.1, 0.15) is 11.9 Å². The molecule has 0 bridgehead atoms. The number of hydrogen-bond acceptors (Lipinski definition) is 4. The standard InChI is InChI=1S/C14H19FN2O2/c1-19-14(18)13(16)11-6-7-17(9-11)8-10-2-4-12(15)5-3-10/h2-5,11,13H,6-9,16H2,1H3. The number of hydrogen-bond donors (Lipinski definition) is 1. The summed E-state index contributed by atoms with van der Waals surface area (Å²) < 4.78 is 17.5. The Hall–Kier alpha value is -1.46. The van der Waals surface area contributed by atoms with Crippen LogP contribution in [0.3, 0.4) is 0 Å². The maximum Gasteiger partial charge on any atom is 0.322 e. The summed E-state index contributed by atoms with van der Waals surface area (Å²) in [5.41, 5.74) is 6.92. The lowest BCUT2D eigenvalue weighted by atomic mass is 10.0. The lowest BCUT2D eigenvalue weighted by Gasteiger charge is -2.18. The first-order valence-electron chi connectivity index (χ1n) is 6.40. The molecular weight excluding hydrogens is 247 g/mol. The van der Waals surface area contributed by atoms with Crippen molar-refractivity contribution in [1.82, 2.24) is 4.90 Å². The largest absolute Gasteiger partial charge is 0.468 e.